The zero-order chi connectivity index (χ0) is 21.7. The second-order valence-corrected chi connectivity index (χ2v) is 9.43. The first-order valence-corrected chi connectivity index (χ1v) is 11.3. The average Bonchev–Trinajstić information content (AvgIpc) is 2.64. The van der Waals surface area contributed by atoms with E-state index in [0.717, 1.165) is 0 Å². The summed E-state index contributed by atoms with van der Waals surface area (Å²) in [5.74, 6) is 2.78. The Morgan fingerprint density at radius 3 is 2.07 bits per heavy atom. The fourth-order valence-corrected chi connectivity index (χ4v) is 4.95. The molecule has 2 aromatic rings. The molecule has 5 N–H and O–H groups in total. The summed E-state index contributed by atoms with van der Waals surface area (Å²) in [5, 5.41) is 1.92. The minimum absolute atomic E-state index is 0.0570. The van der Waals surface area contributed by atoms with Crippen molar-refractivity contribution in [1.82, 2.24) is 4.13 Å². The molecule has 2 rings (SSSR count). The normalized spacial score (nSPS) is 11.4. The lowest BCUT2D eigenvalue weighted by Crippen LogP contribution is -2.32. The number of methoxy groups -OCH3 is 2. The Morgan fingerprint density at radius 2 is 1.52 bits per heavy atom. The zero-order valence-electron chi connectivity index (χ0n) is 15.8. The second kappa shape index (κ2) is 9.04. The molecule has 0 atom stereocenters. The highest BCUT2D eigenvalue weighted by Gasteiger charge is 2.19. The molecule has 0 heterocycles. The van der Waals surface area contributed by atoms with Gasteiger partial charge >= 0.3 is 0 Å². The maximum atomic E-state index is 12.1. The van der Waals surface area contributed by atoms with E-state index in [1.165, 1.54) is 32.4 Å². The van der Waals surface area contributed by atoms with Crippen LogP contribution >= 0.6 is 0 Å². The topological polar surface area (TPSA) is 151 Å². The third-order valence-electron chi connectivity index (χ3n) is 3.75. The van der Waals surface area contributed by atoms with E-state index in [0.29, 0.717) is 28.3 Å². The molecule has 0 aromatic heterocycles. The molecule has 2 aromatic carbocycles. The summed E-state index contributed by atoms with van der Waals surface area (Å²) in [6.45, 7) is 0. The first-order chi connectivity index (χ1) is 13.5. The van der Waals surface area contributed by atoms with Crippen molar-refractivity contribution in [3.05, 3.63) is 47.5 Å². The van der Waals surface area contributed by atoms with Gasteiger partial charge in [0.15, 0.2) is 0 Å². The van der Waals surface area contributed by atoms with Crippen molar-refractivity contribution >= 4 is 31.4 Å². The number of anilines is 2. The molecular formula is C18H21N3O6S2. The lowest BCUT2D eigenvalue weighted by atomic mass is 10.1. The smallest absolute Gasteiger partial charge is 0.293 e. The first kappa shape index (κ1) is 22.4. The molecule has 9 nitrogen and oxygen atoms in total. The van der Waals surface area contributed by atoms with E-state index in [9.17, 15) is 16.8 Å². The lowest BCUT2D eigenvalue weighted by molar-refractivity contribution is 0.417. The summed E-state index contributed by atoms with van der Waals surface area (Å²) in [5.41, 5.74) is 13.0. The van der Waals surface area contributed by atoms with Crippen LogP contribution in [0.2, 0.25) is 0 Å². The van der Waals surface area contributed by atoms with Gasteiger partial charge in [-0.2, -0.15) is 8.42 Å². The van der Waals surface area contributed by atoms with Crippen molar-refractivity contribution in [3.8, 4) is 22.7 Å². The van der Waals surface area contributed by atoms with Crippen LogP contribution in [0.25, 0.3) is 0 Å². The van der Waals surface area contributed by atoms with Gasteiger partial charge in [-0.3, -0.25) is 0 Å². The number of hydrogen-bond donors (Lipinski definition) is 3. The van der Waals surface area contributed by atoms with Crippen molar-refractivity contribution in [2.75, 3.05) is 31.4 Å². The molecule has 11 heteroatoms. The van der Waals surface area contributed by atoms with E-state index >= 15 is 0 Å². The van der Waals surface area contributed by atoms with Crippen LogP contribution in [0.5, 0.6) is 11.5 Å². The van der Waals surface area contributed by atoms with Crippen LogP contribution < -0.4 is 25.1 Å². The molecule has 0 saturated heterocycles. The standard InChI is InChI=1S/C18H21N3O6S2/c1-26-17-5-3-13(11-15(17)19)7-9-28(22,23)21-29(24,25)10-8-14-4-6-18(27-2)16(20)12-14/h3-6,11-12,21H,7,9,19-20H2,1-2H3. The highest BCUT2D eigenvalue weighted by Crippen LogP contribution is 2.22. The molecule has 0 aliphatic rings. The molecule has 0 amide bonds. The number of aryl methyl sites for hydroxylation is 1. The fraction of sp³-hybridized carbons (Fsp3) is 0.222. The monoisotopic (exact) mass is 439 g/mol. The van der Waals surface area contributed by atoms with Crippen LogP contribution in [0.15, 0.2) is 36.4 Å². The van der Waals surface area contributed by atoms with Crippen molar-refractivity contribution in [2.24, 2.45) is 0 Å². The van der Waals surface area contributed by atoms with E-state index < -0.39 is 25.8 Å². The van der Waals surface area contributed by atoms with E-state index in [1.54, 1.807) is 22.3 Å². The molecule has 0 unspecified atom stereocenters. The van der Waals surface area contributed by atoms with Gasteiger partial charge < -0.3 is 20.9 Å². The average molecular weight is 440 g/mol. The quantitative estimate of drug-likeness (QED) is 0.421. The van der Waals surface area contributed by atoms with Gasteiger partial charge in [-0.05, 0) is 48.2 Å². The number of hydrogen-bond acceptors (Lipinski definition) is 8. The second-order valence-electron chi connectivity index (χ2n) is 5.92. The minimum Gasteiger partial charge on any atom is -0.495 e. The number of sulfonamides is 2. The van der Waals surface area contributed by atoms with E-state index in [4.69, 9.17) is 20.9 Å². The Bertz CT molecular complexity index is 1170. The van der Waals surface area contributed by atoms with Crippen molar-refractivity contribution in [2.45, 2.75) is 6.42 Å². The number of nitrogens with one attached hydrogen (secondary N) is 1. The molecule has 0 radical (unpaired) electrons. The number of nitrogens with two attached hydrogens (primary N) is 2. The predicted molar refractivity (Wildman–Crippen MR) is 111 cm³/mol. The molecule has 0 fully saturated rings. The Morgan fingerprint density at radius 1 is 0.931 bits per heavy atom. The third-order valence-corrected chi connectivity index (χ3v) is 6.76. The van der Waals surface area contributed by atoms with Gasteiger partial charge in [0, 0.05) is 10.8 Å². The first-order valence-electron chi connectivity index (χ1n) is 8.20. The van der Waals surface area contributed by atoms with Crippen LogP contribution in [0.4, 0.5) is 11.4 Å². The molecule has 0 aliphatic carbocycles. The zero-order valence-corrected chi connectivity index (χ0v) is 17.4. The number of nitrogen functional groups attached to an aromatic ring is 2. The predicted octanol–water partition coefficient (Wildman–Crippen LogP) is 0.669. The summed E-state index contributed by atoms with van der Waals surface area (Å²) in [6, 6.07) is 9.26. The summed E-state index contributed by atoms with van der Waals surface area (Å²) >= 11 is 0. The van der Waals surface area contributed by atoms with Crippen LogP contribution in [0, 0.1) is 11.2 Å². The minimum atomic E-state index is -4.41. The number of rotatable bonds is 7. The summed E-state index contributed by atoms with van der Waals surface area (Å²) < 4.78 is 59.9. The van der Waals surface area contributed by atoms with Crippen LogP contribution in [-0.4, -0.2) is 36.8 Å². The molecular weight excluding hydrogens is 418 g/mol. The van der Waals surface area contributed by atoms with Gasteiger partial charge in [0.25, 0.3) is 10.0 Å². The highest BCUT2D eigenvalue weighted by molar-refractivity contribution is 8.07. The molecule has 0 bridgehead atoms. The van der Waals surface area contributed by atoms with Crippen molar-refractivity contribution in [1.29, 1.82) is 0 Å². The van der Waals surface area contributed by atoms with Crippen LogP contribution in [-0.2, 0) is 26.5 Å². The highest BCUT2D eigenvalue weighted by atomic mass is 32.3. The van der Waals surface area contributed by atoms with Gasteiger partial charge in [-0.1, -0.05) is 10.2 Å². The Hall–Kier alpha value is -2.94. The Labute approximate surface area is 170 Å². The summed E-state index contributed by atoms with van der Waals surface area (Å²) in [4.78, 5) is 0. The van der Waals surface area contributed by atoms with Crippen molar-refractivity contribution < 1.29 is 26.3 Å². The Kier molecular flexibility index (Phi) is 6.97. The fourth-order valence-electron chi connectivity index (χ4n) is 2.36. The van der Waals surface area contributed by atoms with Crippen molar-refractivity contribution in [3.63, 3.8) is 0 Å². The van der Waals surface area contributed by atoms with E-state index in [1.807, 2.05) is 5.25 Å². The summed E-state index contributed by atoms with van der Waals surface area (Å²) in [6.07, 6.45) is 0.0570. The summed E-state index contributed by atoms with van der Waals surface area (Å²) in [7, 11) is -5.65. The maximum Gasteiger partial charge on any atom is 0.293 e. The maximum absolute atomic E-state index is 12.1. The van der Waals surface area contributed by atoms with Gasteiger partial charge in [0.05, 0.1) is 31.3 Å². The SMILES string of the molecule is COc1ccc(C#CS(=O)(=O)NS(=O)(=O)CCc2ccc(OC)c(N)c2)cc1N. The molecule has 156 valence electrons. The van der Waals surface area contributed by atoms with Gasteiger partial charge in [0.1, 0.15) is 11.5 Å². The molecule has 0 spiro atoms. The van der Waals surface area contributed by atoms with Gasteiger partial charge in [0.2, 0.25) is 10.0 Å². The third kappa shape index (κ3) is 6.56. The number of benzene rings is 2. The van der Waals surface area contributed by atoms with Gasteiger partial charge in [-0.25, -0.2) is 8.42 Å². The van der Waals surface area contributed by atoms with Crippen LogP contribution in [0.1, 0.15) is 11.1 Å². The molecule has 0 aliphatic heterocycles. The van der Waals surface area contributed by atoms with Gasteiger partial charge in [-0.15, -0.1) is 0 Å². The van der Waals surface area contributed by atoms with Crippen LogP contribution in [0.3, 0.4) is 0 Å². The molecule has 0 saturated carbocycles. The largest absolute Gasteiger partial charge is 0.495 e. The molecule has 29 heavy (non-hydrogen) atoms. The lowest BCUT2D eigenvalue weighted by Gasteiger charge is -2.08. The number of ether oxygens (including phenoxy) is 2. The van der Waals surface area contributed by atoms with E-state index in [-0.39, 0.29) is 12.1 Å². The van der Waals surface area contributed by atoms with E-state index in [2.05, 4.69) is 5.92 Å². The Balaban J connectivity index is 2.07.